The molecule has 0 aliphatic rings. The van der Waals surface area contributed by atoms with Crippen LogP contribution >= 0.6 is 11.3 Å². The first-order chi connectivity index (χ1) is 11.6. The number of carbonyl (C=O) groups is 1. The molecule has 0 radical (unpaired) electrons. The van der Waals surface area contributed by atoms with Crippen molar-refractivity contribution in [3.8, 4) is 12.3 Å². The van der Waals surface area contributed by atoms with Crippen LogP contribution in [0.25, 0.3) is 0 Å². The van der Waals surface area contributed by atoms with E-state index in [9.17, 15) is 4.79 Å². The second-order valence-electron chi connectivity index (χ2n) is 5.63. The molecule has 0 fully saturated rings. The molecule has 1 amide bonds. The van der Waals surface area contributed by atoms with Crippen molar-refractivity contribution in [3.63, 3.8) is 0 Å². The summed E-state index contributed by atoms with van der Waals surface area (Å²) in [5.41, 5.74) is 4.18. The van der Waals surface area contributed by atoms with E-state index < -0.39 is 0 Å². The van der Waals surface area contributed by atoms with Gasteiger partial charge in [-0.15, -0.1) is 17.8 Å². The van der Waals surface area contributed by atoms with Crippen molar-refractivity contribution in [2.75, 3.05) is 5.32 Å². The first kappa shape index (κ1) is 16.1. The molecular weight excluding hydrogens is 316 g/mol. The van der Waals surface area contributed by atoms with Gasteiger partial charge in [0.05, 0.1) is 12.1 Å². The molecule has 0 unspecified atom stereocenters. The minimum Gasteiger partial charge on any atom is -0.343 e. The minimum absolute atomic E-state index is 0.116. The van der Waals surface area contributed by atoms with Crippen molar-refractivity contribution in [1.29, 1.82) is 0 Å². The van der Waals surface area contributed by atoms with E-state index in [1.165, 1.54) is 4.88 Å². The van der Waals surface area contributed by atoms with Crippen molar-refractivity contribution in [2.45, 2.75) is 20.4 Å². The Balaban J connectivity index is 1.84. The Labute approximate surface area is 146 Å². The lowest BCUT2D eigenvalue weighted by Gasteiger charge is -2.09. The Morgan fingerprint density at radius 3 is 2.79 bits per heavy atom. The van der Waals surface area contributed by atoms with E-state index >= 15 is 0 Å². The molecule has 2 heterocycles. The van der Waals surface area contributed by atoms with Crippen molar-refractivity contribution < 1.29 is 4.79 Å². The van der Waals surface area contributed by atoms with Crippen LogP contribution in [0.3, 0.4) is 0 Å². The number of anilines is 1. The Morgan fingerprint density at radius 2 is 2.08 bits per heavy atom. The number of hydrogen-bond donors (Lipinski definition) is 1. The van der Waals surface area contributed by atoms with E-state index in [1.54, 1.807) is 17.4 Å². The molecule has 3 rings (SSSR count). The van der Waals surface area contributed by atoms with E-state index in [-0.39, 0.29) is 5.91 Å². The molecule has 0 saturated carbocycles. The van der Waals surface area contributed by atoms with Crippen LogP contribution in [-0.4, -0.2) is 10.5 Å². The summed E-state index contributed by atoms with van der Waals surface area (Å²) in [5.74, 6) is 2.46. The minimum atomic E-state index is -0.116. The van der Waals surface area contributed by atoms with Crippen LogP contribution in [-0.2, 0) is 6.54 Å². The third kappa shape index (κ3) is 3.27. The number of rotatable bonds is 4. The molecule has 0 aliphatic heterocycles. The Bertz CT molecular complexity index is 914. The van der Waals surface area contributed by atoms with Gasteiger partial charge in [0.15, 0.2) is 0 Å². The average Bonchev–Trinajstić information content (AvgIpc) is 3.18. The van der Waals surface area contributed by atoms with Gasteiger partial charge >= 0.3 is 0 Å². The summed E-state index contributed by atoms with van der Waals surface area (Å²) in [6, 6.07) is 13.4. The van der Waals surface area contributed by atoms with E-state index in [4.69, 9.17) is 6.42 Å². The topological polar surface area (TPSA) is 34.0 Å². The number of benzene rings is 1. The number of thiophene rings is 1. The molecule has 0 atom stereocenters. The summed E-state index contributed by atoms with van der Waals surface area (Å²) in [6.07, 6.45) is 5.41. The molecule has 0 saturated heterocycles. The number of nitrogens with one attached hydrogen (secondary N) is 1. The quantitative estimate of drug-likeness (QED) is 0.703. The highest BCUT2D eigenvalue weighted by atomic mass is 32.1. The molecule has 0 spiro atoms. The van der Waals surface area contributed by atoms with Crippen LogP contribution in [0.15, 0.2) is 47.8 Å². The lowest BCUT2D eigenvalue weighted by atomic mass is 10.2. The highest BCUT2D eigenvalue weighted by Crippen LogP contribution is 2.20. The summed E-state index contributed by atoms with van der Waals surface area (Å²) in [6.45, 7) is 4.79. The van der Waals surface area contributed by atoms with Gasteiger partial charge in [-0.25, -0.2) is 0 Å². The number of nitrogens with zero attached hydrogens (tertiary/aromatic N) is 1. The molecule has 1 N–H and O–H groups in total. The zero-order chi connectivity index (χ0) is 17.1. The second-order valence-corrected chi connectivity index (χ2v) is 6.66. The standard InChI is InChI=1S/C20H18N2OS/c1-4-16-7-5-8-17(12-16)21-20(23)19-11-14(2)22(15(19)3)13-18-9-6-10-24-18/h1,5-12H,13H2,2-3H3,(H,21,23). The van der Waals surface area contributed by atoms with Crippen LogP contribution in [0.2, 0.25) is 0 Å². The number of hydrogen-bond acceptors (Lipinski definition) is 2. The van der Waals surface area contributed by atoms with Gasteiger partial charge in [-0.2, -0.15) is 0 Å². The number of amides is 1. The number of aromatic nitrogens is 1. The third-order valence-electron chi connectivity index (χ3n) is 4.00. The van der Waals surface area contributed by atoms with Gasteiger partial charge in [0.2, 0.25) is 0 Å². The monoisotopic (exact) mass is 334 g/mol. The Hall–Kier alpha value is -2.77. The first-order valence-electron chi connectivity index (χ1n) is 7.65. The summed E-state index contributed by atoms with van der Waals surface area (Å²) in [4.78, 5) is 13.9. The fourth-order valence-corrected chi connectivity index (χ4v) is 3.41. The second kappa shape index (κ2) is 6.77. The Kier molecular flexibility index (Phi) is 4.54. The normalized spacial score (nSPS) is 10.4. The first-order valence-corrected chi connectivity index (χ1v) is 8.53. The molecule has 1 aromatic carbocycles. The molecule has 2 aromatic heterocycles. The molecular formula is C20H18N2OS. The van der Waals surface area contributed by atoms with Gasteiger partial charge in [0.25, 0.3) is 5.91 Å². The van der Waals surface area contributed by atoms with Crippen LogP contribution < -0.4 is 5.32 Å². The average molecular weight is 334 g/mol. The van der Waals surface area contributed by atoms with E-state index in [0.29, 0.717) is 11.3 Å². The molecule has 3 nitrogen and oxygen atoms in total. The fraction of sp³-hybridized carbons (Fsp3) is 0.150. The lowest BCUT2D eigenvalue weighted by Crippen LogP contribution is -2.13. The van der Waals surface area contributed by atoms with Crippen molar-refractivity contribution >= 4 is 22.9 Å². The van der Waals surface area contributed by atoms with E-state index in [1.807, 2.05) is 44.2 Å². The zero-order valence-corrected chi connectivity index (χ0v) is 14.5. The molecule has 120 valence electrons. The maximum Gasteiger partial charge on any atom is 0.257 e. The maximum atomic E-state index is 12.6. The molecule has 3 aromatic rings. The predicted octanol–water partition coefficient (Wildman–Crippen LogP) is 4.45. The number of carbonyl (C=O) groups excluding carboxylic acids is 1. The third-order valence-corrected chi connectivity index (χ3v) is 4.86. The van der Waals surface area contributed by atoms with Gasteiger partial charge in [-0.1, -0.05) is 18.1 Å². The number of aryl methyl sites for hydroxylation is 1. The highest BCUT2D eigenvalue weighted by Gasteiger charge is 2.16. The van der Waals surface area contributed by atoms with Crippen LogP contribution in [0, 0.1) is 26.2 Å². The highest BCUT2D eigenvalue weighted by molar-refractivity contribution is 7.09. The summed E-state index contributed by atoms with van der Waals surface area (Å²) in [5, 5.41) is 4.99. The molecule has 0 aliphatic carbocycles. The lowest BCUT2D eigenvalue weighted by molar-refractivity contribution is 0.102. The molecule has 0 bridgehead atoms. The predicted molar refractivity (Wildman–Crippen MR) is 99.7 cm³/mol. The van der Waals surface area contributed by atoms with Gasteiger partial charge in [0, 0.05) is 27.5 Å². The van der Waals surface area contributed by atoms with E-state index in [0.717, 1.165) is 23.5 Å². The van der Waals surface area contributed by atoms with Gasteiger partial charge < -0.3 is 9.88 Å². The smallest absolute Gasteiger partial charge is 0.257 e. The van der Waals surface area contributed by atoms with Crippen LogP contribution in [0.4, 0.5) is 5.69 Å². The van der Waals surface area contributed by atoms with Crippen molar-refractivity contribution in [1.82, 2.24) is 4.57 Å². The Morgan fingerprint density at radius 1 is 1.25 bits per heavy atom. The summed E-state index contributed by atoms with van der Waals surface area (Å²) in [7, 11) is 0. The van der Waals surface area contributed by atoms with Crippen molar-refractivity contribution in [2.24, 2.45) is 0 Å². The largest absolute Gasteiger partial charge is 0.343 e. The number of terminal acetylenes is 1. The van der Waals surface area contributed by atoms with E-state index in [2.05, 4.69) is 27.3 Å². The zero-order valence-electron chi connectivity index (χ0n) is 13.7. The molecule has 24 heavy (non-hydrogen) atoms. The maximum absolute atomic E-state index is 12.6. The van der Waals surface area contributed by atoms with Crippen molar-refractivity contribution in [3.05, 3.63) is 75.2 Å². The summed E-state index contributed by atoms with van der Waals surface area (Å²) < 4.78 is 2.17. The SMILES string of the molecule is C#Cc1cccc(NC(=O)c2cc(C)n(Cc3cccs3)c2C)c1. The molecule has 4 heteroatoms. The van der Waals surface area contributed by atoms with Crippen LogP contribution in [0.1, 0.15) is 32.2 Å². The van der Waals surface area contributed by atoms with Gasteiger partial charge in [-0.3, -0.25) is 4.79 Å². The summed E-state index contributed by atoms with van der Waals surface area (Å²) >= 11 is 1.72. The van der Waals surface area contributed by atoms with Crippen LogP contribution in [0.5, 0.6) is 0 Å². The fourth-order valence-electron chi connectivity index (χ4n) is 2.72. The van der Waals surface area contributed by atoms with Gasteiger partial charge in [0.1, 0.15) is 0 Å². The van der Waals surface area contributed by atoms with Gasteiger partial charge in [-0.05, 0) is 49.6 Å².